The van der Waals surface area contributed by atoms with Gasteiger partial charge in [0.25, 0.3) is 0 Å². The van der Waals surface area contributed by atoms with Gasteiger partial charge in [-0.15, -0.1) is 0 Å². The second kappa shape index (κ2) is 13.3. The van der Waals surface area contributed by atoms with Gasteiger partial charge in [-0.3, -0.25) is 10.1 Å². The smallest absolute Gasteiger partial charge is 0.326 e. The molecule has 0 atom stereocenters. The van der Waals surface area contributed by atoms with Gasteiger partial charge in [0.2, 0.25) is 17.8 Å². The minimum absolute atomic E-state index is 0.0300. The van der Waals surface area contributed by atoms with E-state index >= 15 is 0 Å². The third-order valence-corrected chi connectivity index (χ3v) is 6.81. The zero-order valence-corrected chi connectivity index (χ0v) is 22.9. The van der Waals surface area contributed by atoms with Crippen LogP contribution in [-0.4, -0.2) is 58.8 Å². The number of carboxylic acid groups (broad SMARTS) is 1. The summed E-state index contributed by atoms with van der Waals surface area (Å²) in [5.41, 5.74) is 1.27. The Labute approximate surface area is 236 Å². The van der Waals surface area contributed by atoms with Crippen molar-refractivity contribution < 1.29 is 19.4 Å². The molecule has 0 radical (unpaired) electrons. The molecular weight excluding hydrogens is 545 g/mol. The Bertz CT molecular complexity index is 1320. The van der Waals surface area contributed by atoms with Gasteiger partial charge in [0, 0.05) is 26.2 Å². The van der Waals surface area contributed by atoms with Gasteiger partial charge in [0.05, 0.1) is 29.3 Å². The van der Waals surface area contributed by atoms with E-state index in [-0.39, 0.29) is 31.4 Å². The van der Waals surface area contributed by atoms with Crippen molar-refractivity contribution in [3.8, 4) is 5.75 Å². The van der Waals surface area contributed by atoms with Crippen molar-refractivity contribution in [2.45, 2.75) is 32.2 Å². The van der Waals surface area contributed by atoms with Gasteiger partial charge in [-0.25, -0.2) is 4.79 Å². The van der Waals surface area contributed by atoms with E-state index in [0.29, 0.717) is 27.4 Å². The summed E-state index contributed by atoms with van der Waals surface area (Å²) in [6, 6.07) is 11.6. The summed E-state index contributed by atoms with van der Waals surface area (Å²) in [5.74, 6) is 0.197. The van der Waals surface area contributed by atoms with Gasteiger partial charge in [0.15, 0.2) is 0 Å². The molecule has 1 aliphatic heterocycles. The summed E-state index contributed by atoms with van der Waals surface area (Å²) in [6.07, 6.45) is 2.94. The molecule has 2 heterocycles. The number of methoxy groups -OCH3 is 1. The first-order valence-electron chi connectivity index (χ1n) is 12.4. The van der Waals surface area contributed by atoms with E-state index in [0.717, 1.165) is 37.9 Å². The van der Waals surface area contributed by atoms with Crippen molar-refractivity contribution in [1.29, 1.82) is 0 Å². The van der Waals surface area contributed by atoms with Crippen LogP contribution in [0.25, 0.3) is 0 Å². The molecule has 3 N–H and O–H groups in total. The summed E-state index contributed by atoms with van der Waals surface area (Å²) >= 11 is 12.3. The second-order valence-electron chi connectivity index (χ2n) is 8.90. The number of urea groups is 1. The number of halogens is 2. The molecule has 0 saturated carbocycles. The first-order chi connectivity index (χ1) is 18.8. The molecule has 0 unspecified atom stereocenters. The minimum atomic E-state index is -0.964. The number of ether oxygens (including phenoxy) is 1. The van der Waals surface area contributed by atoms with E-state index in [9.17, 15) is 14.7 Å². The summed E-state index contributed by atoms with van der Waals surface area (Å²) < 4.78 is 5.30. The van der Waals surface area contributed by atoms with E-state index in [4.69, 9.17) is 27.9 Å². The highest BCUT2D eigenvalue weighted by molar-refractivity contribution is 6.42. The number of hydrogen-bond donors (Lipinski definition) is 3. The average Bonchev–Trinajstić information content (AvgIpc) is 2.93. The molecule has 0 spiro atoms. The van der Waals surface area contributed by atoms with Crippen molar-refractivity contribution >= 4 is 58.7 Å². The van der Waals surface area contributed by atoms with Gasteiger partial charge in [-0.2, -0.15) is 15.0 Å². The topological polar surface area (TPSA) is 133 Å². The van der Waals surface area contributed by atoms with Gasteiger partial charge in [0.1, 0.15) is 5.75 Å². The van der Waals surface area contributed by atoms with Crippen molar-refractivity contribution in [3.05, 3.63) is 58.1 Å². The number of hydrogen-bond acceptors (Lipinski definition) is 8. The van der Waals surface area contributed by atoms with E-state index in [2.05, 4.69) is 25.6 Å². The zero-order valence-electron chi connectivity index (χ0n) is 21.4. The SMILES string of the molecule is COc1ccccc1NC(=O)Nc1nc(N2CCCCC2)nc(N(CCC(=O)O)Cc2ccc(Cl)c(Cl)c2)n1. The number of aliphatic carboxylic acids is 1. The number of piperidine rings is 1. The molecule has 1 saturated heterocycles. The molecule has 1 aromatic heterocycles. The monoisotopic (exact) mass is 573 g/mol. The van der Waals surface area contributed by atoms with Crippen LogP contribution in [0.3, 0.4) is 0 Å². The Morgan fingerprint density at radius 3 is 2.51 bits per heavy atom. The predicted octanol–water partition coefficient (Wildman–Crippen LogP) is 5.30. The number of anilines is 4. The molecule has 0 aliphatic carbocycles. The van der Waals surface area contributed by atoms with Crippen LogP contribution >= 0.6 is 23.2 Å². The molecule has 13 heteroatoms. The van der Waals surface area contributed by atoms with Crippen LogP contribution in [0.2, 0.25) is 10.0 Å². The fourth-order valence-corrected chi connectivity index (χ4v) is 4.45. The number of para-hydroxylation sites is 2. The first-order valence-corrected chi connectivity index (χ1v) is 13.2. The molecule has 39 heavy (non-hydrogen) atoms. The van der Waals surface area contributed by atoms with Gasteiger partial charge >= 0.3 is 12.0 Å². The van der Waals surface area contributed by atoms with Crippen molar-refractivity contribution in [1.82, 2.24) is 15.0 Å². The molecule has 206 valence electrons. The van der Waals surface area contributed by atoms with E-state index in [1.807, 2.05) is 4.90 Å². The molecule has 1 aliphatic rings. The molecular formula is C26H29Cl2N7O4. The Hall–Kier alpha value is -3.83. The largest absolute Gasteiger partial charge is 0.495 e. The number of rotatable bonds is 10. The highest BCUT2D eigenvalue weighted by atomic mass is 35.5. The number of nitrogens with one attached hydrogen (secondary N) is 2. The number of carbonyl (C=O) groups is 2. The lowest BCUT2D eigenvalue weighted by Gasteiger charge is -2.28. The highest BCUT2D eigenvalue weighted by Crippen LogP contribution is 2.26. The van der Waals surface area contributed by atoms with Crippen LogP contribution in [-0.2, 0) is 11.3 Å². The fourth-order valence-electron chi connectivity index (χ4n) is 4.13. The number of amides is 2. The summed E-state index contributed by atoms with van der Waals surface area (Å²) in [5, 5.41) is 15.6. The average molecular weight is 574 g/mol. The standard InChI is InChI=1S/C26H29Cl2N7O4/c1-39-21-8-4-3-7-20(21)29-26(38)32-23-30-24(34-12-5-2-6-13-34)33-25(31-23)35(14-11-22(36)37)16-17-9-10-18(27)19(28)15-17/h3-4,7-10,15H,2,5-6,11-14,16H2,1H3,(H,36,37)(H2,29,30,31,32,33,38). The third kappa shape index (κ3) is 7.84. The second-order valence-corrected chi connectivity index (χ2v) is 9.71. The number of nitrogens with zero attached hydrogens (tertiary/aromatic N) is 5. The molecule has 11 nitrogen and oxygen atoms in total. The maximum atomic E-state index is 12.9. The van der Waals surface area contributed by atoms with Crippen LogP contribution in [0, 0.1) is 0 Å². The van der Waals surface area contributed by atoms with Crippen LogP contribution in [0.4, 0.5) is 28.3 Å². The maximum Gasteiger partial charge on any atom is 0.326 e. The first kappa shape index (κ1) is 28.2. The summed E-state index contributed by atoms with van der Waals surface area (Å²) in [4.78, 5) is 41.7. The molecule has 2 amide bonds. The Kier molecular flexibility index (Phi) is 9.61. The Balaban J connectivity index is 1.65. The van der Waals surface area contributed by atoms with Crippen molar-refractivity contribution in [3.63, 3.8) is 0 Å². The lowest BCUT2D eigenvalue weighted by Crippen LogP contribution is -2.34. The number of benzene rings is 2. The molecule has 0 bridgehead atoms. The predicted molar refractivity (Wildman–Crippen MR) is 151 cm³/mol. The third-order valence-electron chi connectivity index (χ3n) is 6.07. The quantitative estimate of drug-likeness (QED) is 0.295. The summed E-state index contributed by atoms with van der Waals surface area (Å²) in [6.45, 7) is 1.91. The number of aromatic nitrogens is 3. The molecule has 4 rings (SSSR count). The zero-order chi connectivity index (χ0) is 27.8. The van der Waals surface area contributed by atoms with Crippen molar-refractivity contribution in [2.75, 3.05) is 47.2 Å². The van der Waals surface area contributed by atoms with Gasteiger partial charge < -0.3 is 25.0 Å². The van der Waals surface area contributed by atoms with Gasteiger partial charge in [-0.1, -0.05) is 41.4 Å². The van der Waals surface area contributed by atoms with E-state index in [1.54, 1.807) is 47.4 Å². The Morgan fingerprint density at radius 1 is 1.03 bits per heavy atom. The van der Waals surface area contributed by atoms with E-state index < -0.39 is 12.0 Å². The van der Waals surface area contributed by atoms with Gasteiger partial charge in [-0.05, 0) is 49.1 Å². The number of carbonyl (C=O) groups excluding carboxylic acids is 1. The minimum Gasteiger partial charge on any atom is -0.495 e. The highest BCUT2D eigenvalue weighted by Gasteiger charge is 2.21. The lowest BCUT2D eigenvalue weighted by molar-refractivity contribution is -0.136. The molecule has 1 fully saturated rings. The van der Waals surface area contributed by atoms with Crippen LogP contribution in [0.1, 0.15) is 31.2 Å². The lowest BCUT2D eigenvalue weighted by atomic mass is 10.1. The fraction of sp³-hybridized carbons (Fsp3) is 0.346. The van der Waals surface area contributed by atoms with E-state index in [1.165, 1.54) is 7.11 Å². The molecule has 2 aromatic carbocycles. The summed E-state index contributed by atoms with van der Waals surface area (Å²) in [7, 11) is 1.52. The van der Waals surface area contributed by atoms with Crippen LogP contribution in [0.5, 0.6) is 5.75 Å². The van der Waals surface area contributed by atoms with Crippen LogP contribution in [0.15, 0.2) is 42.5 Å². The Morgan fingerprint density at radius 2 is 1.79 bits per heavy atom. The van der Waals surface area contributed by atoms with Crippen LogP contribution < -0.4 is 25.2 Å². The molecule has 3 aromatic rings. The number of carboxylic acids is 1. The normalized spacial score (nSPS) is 13.1. The maximum absolute atomic E-state index is 12.9. The van der Waals surface area contributed by atoms with Crippen molar-refractivity contribution in [2.24, 2.45) is 0 Å².